The lowest BCUT2D eigenvalue weighted by Crippen LogP contribution is -2.43. The second-order valence-electron chi connectivity index (χ2n) is 7.04. The van der Waals surface area contributed by atoms with Crippen LogP contribution in [0.3, 0.4) is 0 Å². The molecule has 1 fully saturated rings. The summed E-state index contributed by atoms with van der Waals surface area (Å²) in [5, 5.41) is 11.7. The third-order valence-corrected chi connectivity index (χ3v) is 4.64. The molecule has 1 unspecified atom stereocenters. The highest BCUT2D eigenvalue weighted by Gasteiger charge is 2.21. The summed E-state index contributed by atoms with van der Waals surface area (Å²) in [7, 11) is 0. The van der Waals surface area contributed by atoms with Gasteiger partial charge in [0.1, 0.15) is 5.75 Å². The summed E-state index contributed by atoms with van der Waals surface area (Å²) in [5.74, 6) is 0.527. The summed E-state index contributed by atoms with van der Waals surface area (Å²) in [6, 6.07) is 7.92. The standard InChI is InChI=1S/C20H30N2O4/c1-16-5-2-7-18(13-16)26-12-4-10-21-19(23)15-22-11-3-6-17(14-22)8-9-20(24)25/h2,5,7,13,17H,3-4,6,8-12,14-15H2,1H3,(H,21,23)(H,24,25). The van der Waals surface area contributed by atoms with Crippen molar-refractivity contribution < 1.29 is 19.4 Å². The molecule has 1 amide bonds. The number of hydrogen-bond acceptors (Lipinski definition) is 4. The molecule has 0 aliphatic carbocycles. The Bertz CT molecular complexity index is 591. The number of likely N-dealkylation sites (tertiary alicyclic amines) is 1. The molecular formula is C20H30N2O4. The van der Waals surface area contributed by atoms with Crippen molar-refractivity contribution >= 4 is 11.9 Å². The highest BCUT2D eigenvalue weighted by molar-refractivity contribution is 5.78. The summed E-state index contributed by atoms with van der Waals surface area (Å²) in [6.07, 6.45) is 3.76. The van der Waals surface area contributed by atoms with E-state index in [1.807, 2.05) is 31.2 Å². The molecule has 0 spiro atoms. The van der Waals surface area contributed by atoms with Gasteiger partial charge in [0.25, 0.3) is 0 Å². The first-order chi connectivity index (χ1) is 12.5. The maximum absolute atomic E-state index is 12.1. The van der Waals surface area contributed by atoms with E-state index in [1.165, 1.54) is 5.56 Å². The van der Waals surface area contributed by atoms with Crippen LogP contribution < -0.4 is 10.1 Å². The van der Waals surface area contributed by atoms with Crippen LogP contribution in [-0.2, 0) is 9.59 Å². The largest absolute Gasteiger partial charge is 0.494 e. The van der Waals surface area contributed by atoms with Crippen molar-refractivity contribution in [2.75, 3.05) is 32.8 Å². The monoisotopic (exact) mass is 362 g/mol. The number of nitrogens with one attached hydrogen (secondary N) is 1. The fourth-order valence-corrected chi connectivity index (χ4v) is 3.31. The van der Waals surface area contributed by atoms with Gasteiger partial charge in [-0.3, -0.25) is 14.5 Å². The van der Waals surface area contributed by atoms with Crippen LogP contribution in [0.1, 0.15) is 37.7 Å². The number of carbonyl (C=O) groups excluding carboxylic acids is 1. The smallest absolute Gasteiger partial charge is 0.303 e. The Hall–Kier alpha value is -2.08. The Labute approximate surface area is 155 Å². The number of benzene rings is 1. The van der Waals surface area contributed by atoms with Gasteiger partial charge in [-0.25, -0.2) is 0 Å². The van der Waals surface area contributed by atoms with E-state index < -0.39 is 5.97 Å². The first-order valence-corrected chi connectivity index (χ1v) is 9.43. The Morgan fingerprint density at radius 2 is 2.23 bits per heavy atom. The van der Waals surface area contributed by atoms with E-state index in [-0.39, 0.29) is 12.3 Å². The minimum Gasteiger partial charge on any atom is -0.494 e. The normalized spacial score (nSPS) is 17.7. The Balaban J connectivity index is 1.57. The topological polar surface area (TPSA) is 78.9 Å². The molecule has 0 saturated carbocycles. The fraction of sp³-hybridized carbons (Fsp3) is 0.600. The summed E-state index contributed by atoms with van der Waals surface area (Å²) in [6.45, 7) is 5.32. The highest BCUT2D eigenvalue weighted by atomic mass is 16.5. The van der Waals surface area contributed by atoms with Crippen LogP contribution in [0, 0.1) is 12.8 Å². The average molecular weight is 362 g/mol. The molecule has 0 bridgehead atoms. The first kappa shape index (κ1) is 20.2. The number of rotatable bonds is 10. The van der Waals surface area contributed by atoms with E-state index in [0.29, 0.717) is 32.0 Å². The number of ether oxygens (including phenoxy) is 1. The van der Waals surface area contributed by atoms with E-state index in [2.05, 4.69) is 10.2 Å². The van der Waals surface area contributed by atoms with E-state index >= 15 is 0 Å². The molecular weight excluding hydrogens is 332 g/mol. The lowest BCUT2D eigenvalue weighted by Gasteiger charge is -2.32. The van der Waals surface area contributed by atoms with E-state index in [1.54, 1.807) is 0 Å². The van der Waals surface area contributed by atoms with Crippen LogP contribution in [0.5, 0.6) is 5.75 Å². The number of hydrogen-bond donors (Lipinski definition) is 2. The van der Waals surface area contributed by atoms with Gasteiger partial charge >= 0.3 is 5.97 Å². The van der Waals surface area contributed by atoms with Crippen LogP contribution in [0.2, 0.25) is 0 Å². The van der Waals surface area contributed by atoms with Crippen LogP contribution in [0.15, 0.2) is 24.3 Å². The number of nitrogens with zero attached hydrogens (tertiary/aromatic N) is 1. The van der Waals surface area contributed by atoms with E-state index in [9.17, 15) is 9.59 Å². The summed E-state index contributed by atoms with van der Waals surface area (Å²) >= 11 is 0. The fourth-order valence-electron chi connectivity index (χ4n) is 3.31. The van der Waals surface area contributed by atoms with Gasteiger partial charge in [0.2, 0.25) is 5.91 Å². The molecule has 1 aromatic carbocycles. The van der Waals surface area contributed by atoms with Crippen molar-refractivity contribution in [3.05, 3.63) is 29.8 Å². The second kappa shape index (κ2) is 10.8. The minimum atomic E-state index is -0.743. The van der Waals surface area contributed by atoms with Gasteiger partial charge in [-0.15, -0.1) is 0 Å². The molecule has 6 nitrogen and oxygen atoms in total. The van der Waals surface area contributed by atoms with E-state index in [4.69, 9.17) is 9.84 Å². The molecule has 1 aliphatic rings. The number of aryl methyl sites for hydroxylation is 1. The average Bonchev–Trinajstić information content (AvgIpc) is 2.60. The van der Waals surface area contributed by atoms with Crippen LogP contribution in [0.25, 0.3) is 0 Å². The van der Waals surface area contributed by atoms with Crippen molar-refractivity contribution in [3.8, 4) is 5.75 Å². The molecule has 144 valence electrons. The van der Waals surface area contributed by atoms with Crippen molar-refractivity contribution in [1.29, 1.82) is 0 Å². The second-order valence-corrected chi connectivity index (χ2v) is 7.04. The lowest BCUT2D eigenvalue weighted by atomic mass is 9.93. The highest BCUT2D eigenvalue weighted by Crippen LogP contribution is 2.20. The summed E-state index contributed by atoms with van der Waals surface area (Å²) in [5.41, 5.74) is 1.17. The summed E-state index contributed by atoms with van der Waals surface area (Å²) < 4.78 is 5.67. The Morgan fingerprint density at radius 3 is 3.00 bits per heavy atom. The zero-order valence-electron chi connectivity index (χ0n) is 15.6. The molecule has 26 heavy (non-hydrogen) atoms. The molecule has 6 heteroatoms. The number of amides is 1. The molecule has 1 aromatic rings. The number of piperidine rings is 1. The third-order valence-electron chi connectivity index (χ3n) is 4.64. The number of carboxylic acids is 1. The predicted octanol–water partition coefficient (Wildman–Crippen LogP) is 2.46. The van der Waals surface area contributed by atoms with Crippen LogP contribution >= 0.6 is 0 Å². The summed E-state index contributed by atoms with van der Waals surface area (Å²) in [4.78, 5) is 24.9. The molecule has 1 saturated heterocycles. The number of carbonyl (C=O) groups is 2. The SMILES string of the molecule is Cc1cccc(OCCCNC(=O)CN2CCCC(CCC(=O)O)C2)c1. The van der Waals surface area contributed by atoms with Crippen molar-refractivity contribution in [2.45, 2.75) is 39.0 Å². The minimum absolute atomic E-state index is 0.0273. The van der Waals surface area contributed by atoms with Crippen molar-refractivity contribution in [2.24, 2.45) is 5.92 Å². The van der Waals surface area contributed by atoms with Gasteiger partial charge in [-0.05, 0) is 62.8 Å². The van der Waals surface area contributed by atoms with E-state index in [0.717, 1.165) is 38.1 Å². The van der Waals surface area contributed by atoms with Gasteiger partial charge in [-0.1, -0.05) is 12.1 Å². The molecule has 2 rings (SSSR count). The van der Waals surface area contributed by atoms with Gasteiger partial charge in [0, 0.05) is 19.5 Å². The van der Waals surface area contributed by atoms with Crippen LogP contribution in [-0.4, -0.2) is 54.7 Å². The number of carboxylic acid groups (broad SMARTS) is 1. The first-order valence-electron chi connectivity index (χ1n) is 9.43. The van der Waals surface area contributed by atoms with Gasteiger partial charge in [-0.2, -0.15) is 0 Å². The molecule has 1 atom stereocenters. The van der Waals surface area contributed by atoms with Gasteiger partial charge < -0.3 is 15.2 Å². The predicted molar refractivity (Wildman–Crippen MR) is 100 cm³/mol. The molecule has 1 aliphatic heterocycles. The quantitative estimate of drug-likeness (QED) is 0.625. The molecule has 1 heterocycles. The van der Waals surface area contributed by atoms with Crippen LogP contribution in [0.4, 0.5) is 0 Å². The van der Waals surface area contributed by atoms with Crippen molar-refractivity contribution in [1.82, 2.24) is 10.2 Å². The molecule has 0 radical (unpaired) electrons. The number of aliphatic carboxylic acids is 1. The van der Waals surface area contributed by atoms with Gasteiger partial charge in [0.05, 0.1) is 13.2 Å². The Morgan fingerprint density at radius 1 is 1.38 bits per heavy atom. The Kier molecular flexibility index (Phi) is 8.41. The third kappa shape index (κ3) is 7.87. The zero-order chi connectivity index (χ0) is 18.8. The lowest BCUT2D eigenvalue weighted by molar-refractivity contribution is -0.137. The molecule has 2 N–H and O–H groups in total. The maximum atomic E-state index is 12.1. The maximum Gasteiger partial charge on any atom is 0.303 e. The van der Waals surface area contributed by atoms with Crippen molar-refractivity contribution in [3.63, 3.8) is 0 Å². The van der Waals surface area contributed by atoms with Gasteiger partial charge in [0.15, 0.2) is 0 Å². The molecule has 0 aromatic heterocycles. The zero-order valence-corrected chi connectivity index (χ0v) is 15.6.